The molecular formula is C18H19N3. The number of hydrogen-bond donors (Lipinski definition) is 2. The molecule has 0 bridgehead atoms. The van der Waals surface area contributed by atoms with E-state index in [-0.39, 0.29) is 0 Å². The maximum absolute atomic E-state index is 5.80. The van der Waals surface area contributed by atoms with Gasteiger partial charge in [0.15, 0.2) is 0 Å². The zero-order valence-electron chi connectivity index (χ0n) is 12.4. The first-order valence-electron chi connectivity index (χ1n) is 7.09. The smallest absolute Gasteiger partial charge is 0.138 e. The zero-order valence-corrected chi connectivity index (χ0v) is 12.4. The fraction of sp³-hybridized carbons (Fsp3) is 0.167. The molecule has 0 aliphatic rings. The van der Waals surface area contributed by atoms with Gasteiger partial charge in [0.2, 0.25) is 0 Å². The fourth-order valence-electron chi connectivity index (χ4n) is 2.66. The maximum atomic E-state index is 5.80. The molecule has 3 heteroatoms. The number of nitrogens with one attached hydrogen (secondary N) is 1. The molecule has 2 aromatic carbocycles. The normalized spacial score (nSPS) is 10.8. The first-order valence-corrected chi connectivity index (χ1v) is 7.09. The number of aromatic nitrogens is 2. The summed E-state index contributed by atoms with van der Waals surface area (Å²) in [6, 6.07) is 14.6. The van der Waals surface area contributed by atoms with E-state index in [1.807, 2.05) is 30.5 Å². The number of imidazole rings is 1. The second kappa shape index (κ2) is 5.54. The van der Waals surface area contributed by atoms with Crippen LogP contribution in [0.4, 0.5) is 0 Å². The van der Waals surface area contributed by atoms with Gasteiger partial charge in [0.1, 0.15) is 5.82 Å². The summed E-state index contributed by atoms with van der Waals surface area (Å²) in [5.41, 5.74) is 12.7. The lowest BCUT2D eigenvalue weighted by molar-refractivity contribution is 1.07. The van der Waals surface area contributed by atoms with Gasteiger partial charge < -0.3 is 10.7 Å². The molecule has 3 N–H and O–H groups in total. The molecule has 106 valence electrons. The van der Waals surface area contributed by atoms with Crippen molar-refractivity contribution < 1.29 is 0 Å². The molecule has 3 aromatic rings. The topological polar surface area (TPSA) is 54.7 Å². The standard InChI is InChI=1S/C18H19N3/c1-12-7-13(2)9-15(8-12)17-11-20-18(21-17)16-6-4-3-5-14(16)10-19/h3-9,11H,10,19H2,1-2H3,(H,20,21). The summed E-state index contributed by atoms with van der Waals surface area (Å²) in [7, 11) is 0. The summed E-state index contributed by atoms with van der Waals surface area (Å²) in [5.74, 6) is 0.866. The van der Waals surface area contributed by atoms with Crippen molar-refractivity contribution in [2.75, 3.05) is 0 Å². The molecule has 0 radical (unpaired) electrons. The van der Waals surface area contributed by atoms with Gasteiger partial charge in [0, 0.05) is 17.7 Å². The van der Waals surface area contributed by atoms with E-state index in [1.54, 1.807) is 0 Å². The lowest BCUT2D eigenvalue weighted by Crippen LogP contribution is -1.99. The molecule has 3 rings (SSSR count). The van der Waals surface area contributed by atoms with Crippen LogP contribution in [0.3, 0.4) is 0 Å². The van der Waals surface area contributed by atoms with Crippen LogP contribution in [0.5, 0.6) is 0 Å². The van der Waals surface area contributed by atoms with E-state index in [1.165, 1.54) is 11.1 Å². The average Bonchev–Trinajstić information content (AvgIpc) is 2.96. The Kier molecular flexibility index (Phi) is 3.59. The van der Waals surface area contributed by atoms with Crippen molar-refractivity contribution in [3.8, 4) is 22.6 Å². The van der Waals surface area contributed by atoms with Crippen molar-refractivity contribution in [1.29, 1.82) is 0 Å². The Hall–Kier alpha value is -2.39. The van der Waals surface area contributed by atoms with Gasteiger partial charge in [0.25, 0.3) is 0 Å². The Morgan fingerprint density at radius 1 is 1.05 bits per heavy atom. The number of benzene rings is 2. The van der Waals surface area contributed by atoms with Crippen molar-refractivity contribution in [1.82, 2.24) is 9.97 Å². The largest absolute Gasteiger partial charge is 0.338 e. The van der Waals surface area contributed by atoms with Crippen LogP contribution in [0.15, 0.2) is 48.7 Å². The Bertz CT molecular complexity index is 751. The molecule has 0 saturated heterocycles. The number of aryl methyl sites for hydroxylation is 2. The van der Waals surface area contributed by atoms with Crippen LogP contribution >= 0.6 is 0 Å². The predicted molar refractivity (Wildman–Crippen MR) is 86.8 cm³/mol. The molecule has 0 spiro atoms. The van der Waals surface area contributed by atoms with Gasteiger partial charge in [-0.15, -0.1) is 0 Å². The van der Waals surface area contributed by atoms with Crippen molar-refractivity contribution in [2.45, 2.75) is 20.4 Å². The molecule has 1 heterocycles. The Balaban J connectivity index is 2.04. The maximum Gasteiger partial charge on any atom is 0.138 e. The zero-order chi connectivity index (χ0) is 14.8. The van der Waals surface area contributed by atoms with E-state index in [2.05, 4.69) is 42.0 Å². The van der Waals surface area contributed by atoms with Gasteiger partial charge in [0.05, 0.1) is 11.9 Å². The highest BCUT2D eigenvalue weighted by Gasteiger charge is 2.09. The Morgan fingerprint density at radius 2 is 1.76 bits per heavy atom. The lowest BCUT2D eigenvalue weighted by Gasteiger charge is -2.05. The summed E-state index contributed by atoms with van der Waals surface area (Å²) in [6.45, 7) is 4.73. The minimum absolute atomic E-state index is 0.510. The quantitative estimate of drug-likeness (QED) is 0.764. The van der Waals surface area contributed by atoms with Crippen LogP contribution < -0.4 is 5.73 Å². The number of nitrogens with zero attached hydrogens (tertiary/aromatic N) is 1. The van der Waals surface area contributed by atoms with E-state index in [0.29, 0.717) is 6.54 Å². The van der Waals surface area contributed by atoms with Crippen LogP contribution in [0, 0.1) is 13.8 Å². The molecule has 3 nitrogen and oxygen atoms in total. The monoisotopic (exact) mass is 277 g/mol. The van der Waals surface area contributed by atoms with Gasteiger partial charge in [-0.25, -0.2) is 4.98 Å². The van der Waals surface area contributed by atoms with E-state index in [0.717, 1.165) is 28.2 Å². The summed E-state index contributed by atoms with van der Waals surface area (Å²) in [4.78, 5) is 7.93. The molecule has 0 amide bonds. The molecule has 0 aliphatic heterocycles. The molecule has 0 aliphatic carbocycles. The Morgan fingerprint density at radius 3 is 2.48 bits per heavy atom. The van der Waals surface area contributed by atoms with Crippen molar-refractivity contribution in [3.05, 3.63) is 65.4 Å². The summed E-state index contributed by atoms with van der Waals surface area (Å²) >= 11 is 0. The number of hydrogen-bond acceptors (Lipinski definition) is 2. The van der Waals surface area contributed by atoms with Gasteiger partial charge in [-0.3, -0.25) is 0 Å². The summed E-state index contributed by atoms with van der Waals surface area (Å²) < 4.78 is 0. The fourth-order valence-corrected chi connectivity index (χ4v) is 2.66. The number of H-pyrrole nitrogens is 1. The molecule has 21 heavy (non-hydrogen) atoms. The predicted octanol–water partition coefficient (Wildman–Crippen LogP) is 3.82. The van der Waals surface area contributed by atoms with Crippen LogP contribution in [-0.2, 0) is 6.54 Å². The molecule has 0 unspecified atom stereocenters. The van der Waals surface area contributed by atoms with Crippen LogP contribution in [0.2, 0.25) is 0 Å². The molecular weight excluding hydrogens is 258 g/mol. The first kappa shape index (κ1) is 13.6. The number of nitrogens with two attached hydrogens (primary N) is 1. The van der Waals surface area contributed by atoms with Gasteiger partial charge >= 0.3 is 0 Å². The van der Waals surface area contributed by atoms with Crippen LogP contribution in [-0.4, -0.2) is 9.97 Å². The highest BCUT2D eigenvalue weighted by Crippen LogP contribution is 2.25. The number of rotatable bonds is 3. The minimum Gasteiger partial charge on any atom is -0.338 e. The average molecular weight is 277 g/mol. The van der Waals surface area contributed by atoms with E-state index in [4.69, 9.17) is 5.73 Å². The van der Waals surface area contributed by atoms with Crippen LogP contribution in [0.1, 0.15) is 16.7 Å². The van der Waals surface area contributed by atoms with Gasteiger partial charge in [-0.1, -0.05) is 41.5 Å². The van der Waals surface area contributed by atoms with Gasteiger partial charge in [-0.2, -0.15) is 0 Å². The van der Waals surface area contributed by atoms with Gasteiger partial charge in [-0.05, 0) is 31.5 Å². The van der Waals surface area contributed by atoms with E-state index in [9.17, 15) is 0 Å². The molecule has 0 atom stereocenters. The SMILES string of the molecule is Cc1cc(C)cc(-c2cnc(-c3ccccc3CN)[nH]2)c1. The molecule has 0 saturated carbocycles. The highest BCUT2D eigenvalue weighted by atomic mass is 14.9. The number of aromatic amines is 1. The second-order valence-corrected chi connectivity index (χ2v) is 5.38. The Labute approximate surface area is 124 Å². The van der Waals surface area contributed by atoms with Crippen LogP contribution in [0.25, 0.3) is 22.6 Å². The third-order valence-corrected chi connectivity index (χ3v) is 3.60. The van der Waals surface area contributed by atoms with Crippen molar-refractivity contribution >= 4 is 0 Å². The van der Waals surface area contributed by atoms with E-state index < -0.39 is 0 Å². The van der Waals surface area contributed by atoms with Crippen molar-refractivity contribution in [3.63, 3.8) is 0 Å². The lowest BCUT2D eigenvalue weighted by atomic mass is 10.1. The third-order valence-electron chi connectivity index (χ3n) is 3.60. The minimum atomic E-state index is 0.510. The summed E-state index contributed by atoms with van der Waals surface area (Å²) in [6.07, 6.45) is 1.89. The first-order chi connectivity index (χ1) is 10.2. The second-order valence-electron chi connectivity index (χ2n) is 5.38. The highest BCUT2D eigenvalue weighted by molar-refractivity contribution is 5.67. The third kappa shape index (κ3) is 2.73. The van der Waals surface area contributed by atoms with E-state index >= 15 is 0 Å². The molecule has 1 aromatic heterocycles. The summed E-state index contributed by atoms with van der Waals surface area (Å²) in [5, 5.41) is 0. The molecule has 0 fully saturated rings. The van der Waals surface area contributed by atoms with Crippen molar-refractivity contribution in [2.24, 2.45) is 5.73 Å².